The first-order valence-electron chi connectivity index (χ1n) is 8.31. The lowest BCUT2D eigenvalue weighted by Gasteiger charge is -2.10. The smallest absolute Gasteiger partial charge is 0.253 e. The van der Waals surface area contributed by atoms with Crippen molar-refractivity contribution in [3.8, 4) is 5.69 Å². The van der Waals surface area contributed by atoms with E-state index in [1.54, 1.807) is 16.8 Å². The number of thioether (sulfide) groups is 1. The molecule has 2 heterocycles. The van der Waals surface area contributed by atoms with E-state index in [-0.39, 0.29) is 11.7 Å². The lowest BCUT2D eigenvalue weighted by atomic mass is 10.1. The molecule has 0 saturated carbocycles. The molecule has 0 bridgehead atoms. The van der Waals surface area contributed by atoms with E-state index >= 15 is 0 Å². The summed E-state index contributed by atoms with van der Waals surface area (Å²) in [5, 5.41) is 18.8. The second kappa shape index (κ2) is 7.89. The molecule has 1 aliphatic heterocycles. The van der Waals surface area contributed by atoms with E-state index < -0.39 is 0 Å². The molecule has 0 atom stereocenters. The standard InChI is InChI=1S/C18H15ClN6OS/c19-14-7-4-8-15(11-14)25-18(20-22-23-25)27-12-17(26)24-10-9-16(21-24)13-5-2-1-3-6-13/h1-8,11H,9-10,12H2. The van der Waals surface area contributed by atoms with Gasteiger partial charge in [0.25, 0.3) is 5.91 Å². The number of benzene rings is 2. The van der Waals surface area contributed by atoms with E-state index in [1.165, 1.54) is 16.8 Å². The van der Waals surface area contributed by atoms with Crippen LogP contribution in [-0.2, 0) is 4.79 Å². The van der Waals surface area contributed by atoms with Crippen molar-refractivity contribution in [3.05, 3.63) is 65.2 Å². The molecule has 2 aromatic carbocycles. The second-order valence-electron chi connectivity index (χ2n) is 5.82. The van der Waals surface area contributed by atoms with Gasteiger partial charge in [-0.05, 0) is 34.2 Å². The van der Waals surface area contributed by atoms with Gasteiger partial charge in [0.1, 0.15) is 0 Å². The van der Waals surface area contributed by atoms with Crippen LogP contribution in [0.25, 0.3) is 5.69 Å². The van der Waals surface area contributed by atoms with E-state index in [0.29, 0.717) is 16.7 Å². The van der Waals surface area contributed by atoms with Crippen LogP contribution in [0.3, 0.4) is 0 Å². The molecule has 0 fully saturated rings. The first-order chi connectivity index (χ1) is 13.2. The summed E-state index contributed by atoms with van der Waals surface area (Å²) in [6.45, 7) is 0.586. The number of rotatable bonds is 5. The Morgan fingerprint density at radius 3 is 2.81 bits per heavy atom. The van der Waals surface area contributed by atoms with Gasteiger partial charge in [-0.2, -0.15) is 9.78 Å². The summed E-state index contributed by atoms with van der Waals surface area (Å²) in [5.41, 5.74) is 2.72. The van der Waals surface area contributed by atoms with Crippen LogP contribution >= 0.6 is 23.4 Å². The molecule has 1 aromatic heterocycles. The van der Waals surface area contributed by atoms with Crippen molar-refractivity contribution in [2.45, 2.75) is 11.6 Å². The van der Waals surface area contributed by atoms with Crippen molar-refractivity contribution >= 4 is 35.0 Å². The van der Waals surface area contributed by atoms with Gasteiger partial charge in [-0.1, -0.05) is 59.8 Å². The number of tetrazole rings is 1. The molecule has 0 radical (unpaired) electrons. The minimum atomic E-state index is -0.0772. The average Bonchev–Trinajstić information content (AvgIpc) is 3.36. The molecular weight excluding hydrogens is 384 g/mol. The zero-order valence-corrected chi connectivity index (χ0v) is 15.8. The third-order valence-corrected chi connectivity index (χ3v) is 5.15. The van der Waals surface area contributed by atoms with Crippen LogP contribution in [0.4, 0.5) is 0 Å². The van der Waals surface area contributed by atoms with Gasteiger partial charge in [0.2, 0.25) is 5.16 Å². The average molecular weight is 399 g/mol. The Hall–Kier alpha value is -2.71. The Morgan fingerprint density at radius 2 is 2.00 bits per heavy atom. The zero-order chi connectivity index (χ0) is 18.6. The molecule has 27 heavy (non-hydrogen) atoms. The SMILES string of the molecule is O=C(CSc1nnnn1-c1cccc(Cl)c1)N1CCC(c2ccccc2)=N1. The molecule has 1 aliphatic rings. The van der Waals surface area contributed by atoms with E-state index in [9.17, 15) is 4.79 Å². The number of carbonyl (C=O) groups excluding carboxylic acids is 1. The molecule has 0 N–H and O–H groups in total. The van der Waals surface area contributed by atoms with Crippen LogP contribution in [0, 0.1) is 0 Å². The maximum absolute atomic E-state index is 12.5. The summed E-state index contributed by atoms with van der Waals surface area (Å²) in [5.74, 6) is 0.124. The van der Waals surface area contributed by atoms with Gasteiger partial charge in [-0.25, -0.2) is 5.01 Å². The van der Waals surface area contributed by atoms with Crippen molar-refractivity contribution in [1.29, 1.82) is 0 Å². The molecule has 0 unspecified atom stereocenters. The van der Waals surface area contributed by atoms with Crippen molar-refractivity contribution in [2.75, 3.05) is 12.3 Å². The third-order valence-electron chi connectivity index (χ3n) is 4.02. The highest BCUT2D eigenvalue weighted by Crippen LogP contribution is 2.22. The number of carbonyl (C=O) groups is 1. The summed E-state index contributed by atoms with van der Waals surface area (Å²) in [4.78, 5) is 12.5. The number of aromatic nitrogens is 4. The van der Waals surface area contributed by atoms with E-state index in [0.717, 1.165) is 23.4 Å². The maximum atomic E-state index is 12.5. The molecule has 136 valence electrons. The lowest BCUT2D eigenvalue weighted by molar-refractivity contribution is -0.127. The molecule has 0 aliphatic carbocycles. The van der Waals surface area contributed by atoms with Crippen molar-refractivity contribution in [3.63, 3.8) is 0 Å². The number of halogens is 1. The fraction of sp³-hybridized carbons (Fsp3) is 0.167. The third kappa shape index (κ3) is 4.01. The highest BCUT2D eigenvalue weighted by atomic mass is 35.5. The minimum Gasteiger partial charge on any atom is -0.272 e. The quantitative estimate of drug-likeness (QED) is 0.617. The molecule has 9 heteroatoms. The maximum Gasteiger partial charge on any atom is 0.253 e. The molecule has 1 amide bonds. The van der Waals surface area contributed by atoms with Gasteiger partial charge in [0.05, 0.1) is 23.7 Å². The summed E-state index contributed by atoms with van der Waals surface area (Å²) in [6, 6.07) is 17.1. The number of hydrogen-bond donors (Lipinski definition) is 0. The molecule has 0 spiro atoms. The number of hydrogen-bond acceptors (Lipinski definition) is 6. The molecule has 4 rings (SSSR count). The summed E-state index contributed by atoms with van der Waals surface area (Å²) < 4.78 is 1.56. The van der Waals surface area contributed by atoms with Crippen LogP contribution in [0.15, 0.2) is 64.9 Å². The first kappa shape index (κ1) is 17.7. The molecule has 0 saturated heterocycles. The number of hydrazone groups is 1. The van der Waals surface area contributed by atoms with Crippen molar-refractivity contribution < 1.29 is 4.79 Å². The summed E-state index contributed by atoms with van der Waals surface area (Å²) >= 11 is 7.30. The zero-order valence-electron chi connectivity index (χ0n) is 14.2. The van der Waals surface area contributed by atoms with Gasteiger partial charge >= 0.3 is 0 Å². The Kier molecular flexibility index (Phi) is 5.17. The normalized spacial score (nSPS) is 13.7. The number of nitrogens with zero attached hydrogens (tertiary/aromatic N) is 6. The van der Waals surface area contributed by atoms with Gasteiger partial charge < -0.3 is 0 Å². The summed E-state index contributed by atoms with van der Waals surface area (Å²) in [7, 11) is 0. The Morgan fingerprint density at radius 1 is 1.15 bits per heavy atom. The molecule has 7 nitrogen and oxygen atoms in total. The fourth-order valence-corrected chi connectivity index (χ4v) is 3.65. The van der Waals surface area contributed by atoms with Crippen LogP contribution in [0.1, 0.15) is 12.0 Å². The van der Waals surface area contributed by atoms with E-state index in [4.69, 9.17) is 11.6 Å². The van der Waals surface area contributed by atoms with Gasteiger partial charge in [0.15, 0.2) is 0 Å². The van der Waals surface area contributed by atoms with Crippen LogP contribution in [0.5, 0.6) is 0 Å². The second-order valence-corrected chi connectivity index (χ2v) is 7.20. The molecular formula is C18H15ClN6OS. The summed E-state index contributed by atoms with van der Waals surface area (Å²) in [6.07, 6.45) is 0.751. The van der Waals surface area contributed by atoms with Gasteiger partial charge in [-0.3, -0.25) is 4.79 Å². The van der Waals surface area contributed by atoms with Gasteiger partial charge in [-0.15, -0.1) is 5.10 Å². The minimum absolute atomic E-state index is 0.0772. The number of amides is 1. The monoisotopic (exact) mass is 398 g/mol. The van der Waals surface area contributed by atoms with E-state index in [2.05, 4.69) is 20.6 Å². The highest BCUT2D eigenvalue weighted by Gasteiger charge is 2.22. The lowest BCUT2D eigenvalue weighted by Crippen LogP contribution is -2.25. The predicted molar refractivity (Wildman–Crippen MR) is 104 cm³/mol. The van der Waals surface area contributed by atoms with Gasteiger partial charge in [0, 0.05) is 11.4 Å². The highest BCUT2D eigenvalue weighted by molar-refractivity contribution is 7.99. The van der Waals surface area contributed by atoms with Crippen molar-refractivity contribution in [2.24, 2.45) is 5.10 Å². The van der Waals surface area contributed by atoms with Crippen LogP contribution < -0.4 is 0 Å². The van der Waals surface area contributed by atoms with Crippen LogP contribution in [-0.4, -0.2) is 49.1 Å². The Balaban J connectivity index is 1.42. The van der Waals surface area contributed by atoms with E-state index in [1.807, 2.05) is 42.5 Å². The topological polar surface area (TPSA) is 76.3 Å². The van der Waals surface area contributed by atoms with Crippen molar-refractivity contribution in [1.82, 2.24) is 25.2 Å². The van der Waals surface area contributed by atoms with Crippen LogP contribution in [0.2, 0.25) is 5.02 Å². The first-order valence-corrected chi connectivity index (χ1v) is 9.67. The molecule has 3 aromatic rings. The Labute approximate surface area is 165 Å². The fourth-order valence-electron chi connectivity index (χ4n) is 2.71. The Bertz CT molecular complexity index is 990. The predicted octanol–water partition coefficient (Wildman–Crippen LogP) is 3.04. The largest absolute Gasteiger partial charge is 0.272 e.